The molecular weight excluding hydrogens is 586 g/mol. The Hall–Kier alpha value is -2.78. The van der Waals surface area contributed by atoms with Crippen LogP contribution in [0.3, 0.4) is 0 Å². The number of nitrogens with two attached hydrogens (primary N) is 1. The zero-order valence-electron chi connectivity index (χ0n) is 25.9. The maximum atomic E-state index is 14.9. The van der Waals surface area contributed by atoms with Gasteiger partial charge in [-0.1, -0.05) is 13.8 Å². The molecule has 0 amide bonds. The highest BCUT2D eigenvalue weighted by Crippen LogP contribution is 2.36. The Morgan fingerprint density at radius 3 is 2.33 bits per heavy atom. The van der Waals surface area contributed by atoms with Crippen molar-refractivity contribution in [1.29, 1.82) is 0 Å². The maximum Gasteiger partial charge on any atom is 0.419 e. The van der Waals surface area contributed by atoms with E-state index in [-0.39, 0.29) is 29.3 Å². The summed E-state index contributed by atoms with van der Waals surface area (Å²) in [4.78, 5) is 8.37. The third-order valence-corrected chi connectivity index (χ3v) is 6.44. The summed E-state index contributed by atoms with van der Waals surface area (Å²) in [5, 5.41) is 16.7. The summed E-state index contributed by atoms with van der Waals surface area (Å²) in [6, 6.07) is 4.39. The van der Waals surface area contributed by atoms with Crippen LogP contribution >= 0.6 is 11.9 Å². The molecule has 1 aromatic carbocycles. The van der Waals surface area contributed by atoms with E-state index in [1.54, 1.807) is 19.9 Å². The zero-order valence-corrected chi connectivity index (χ0v) is 26.8. The standard InChI is InChI=1S/C27H37F4N7O2S.C2H6/c1-24(2,32)9-10-40-26(5,6)15-35-41-18-7-8-21(20(28)11-18)36-23-33-13-19(27(29,30)31)22(37-23)17-12-34-38(14-17)16-25(3,4)39;1-2/h7-8,11-14,35,39H,9-10,15-16,32H2,1-6H3,(H,33,36,37);1-2H3. The fourth-order valence-corrected chi connectivity index (χ4v) is 4.44. The molecular formula is C29H43F4N7O2S. The van der Waals surface area contributed by atoms with Crippen molar-refractivity contribution >= 4 is 23.6 Å². The summed E-state index contributed by atoms with van der Waals surface area (Å²) in [5.74, 6) is -0.860. The second-order valence-corrected chi connectivity index (χ2v) is 12.7. The van der Waals surface area contributed by atoms with Gasteiger partial charge < -0.3 is 20.9 Å². The Bertz CT molecular complexity index is 1320. The van der Waals surface area contributed by atoms with Crippen LogP contribution < -0.4 is 15.8 Å². The number of rotatable bonds is 13. The van der Waals surface area contributed by atoms with Gasteiger partial charge in [-0.25, -0.2) is 14.4 Å². The molecule has 0 spiro atoms. The molecule has 2 heterocycles. The van der Waals surface area contributed by atoms with Crippen LogP contribution in [0.1, 0.15) is 67.4 Å². The Morgan fingerprint density at radius 2 is 1.74 bits per heavy atom. The number of alkyl halides is 3. The molecule has 0 fully saturated rings. The van der Waals surface area contributed by atoms with Gasteiger partial charge in [0.2, 0.25) is 5.95 Å². The Balaban J connectivity index is 0.00000316. The highest BCUT2D eigenvalue weighted by Gasteiger charge is 2.36. The first kappa shape index (κ1) is 36.4. The normalized spacial score (nSPS) is 12.6. The third-order valence-electron chi connectivity index (χ3n) is 5.66. The van der Waals surface area contributed by atoms with E-state index in [0.717, 1.165) is 0 Å². The SMILES string of the molecule is CC.CC(C)(N)CCOC(C)(C)CNSc1ccc(Nc2ncc(C(F)(F)F)c(-c3cnn(CC(C)(C)O)c3)n2)c(F)c1. The predicted molar refractivity (Wildman–Crippen MR) is 162 cm³/mol. The maximum absolute atomic E-state index is 14.9. The minimum absolute atomic E-state index is 0.00848. The van der Waals surface area contributed by atoms with E-state index < -0.39 is 34.5 Å². The van der Waals surface area contributed by atoms with E-state index in [9.17, 15) is 22.7 Å². The van der Waals surface area contributed by atoms with E-state index in [0.29, 0.717) is 30.7 Å². The van der Waals surface area contributed by atoms with E-state index >= 15 is 0 Å². The topological polar surface area (TPSA) is 123 Å². The number of halogens is 4. The summed E-state index contributed by atoms with van der Waals surface area (Å²) >= 11 is 1.22. The Kier molecular flexibility index (Phi) is 12.5. The van der Waals surface area contributed by atoms with Gasteiger partial charge in [-0.2, -0.15) is 18.3 Å². The molecule has 0 aliphatic heterocycles. The molecule has 0 aliphatic rings. The van der Waals surface area contributed by atoms with Gasteiger partial charge in [-0.15, -0.1) is 0 Å². The quantitative estimate of drug-likeness (QED) is 0.123. The second kappa shape index (κ2) is 14.8. The fourth-order valence-electron chi connectivity index (χ4n) is 3.55. The van der Waals surface area contributed by atoms with Crippen LogP contribution in [0.25, 0.3) is 11.3 Å². The van der Waals surface area contributed by atoms with Gasteiger partial charge in [0.1, 0.15) is 11.4 Å². The third kappa shape index (κ3) is 12.4. The largest absolute Gasteiger partial charge is 0.419 e. The smallest absolute Gasteiger partial charge is 0.389 e. The number of hydrogen-bond acceptors (Lipinski definition) is 9. The van der Waals surface area contributed by atoms with Crippen LogP contribution in [-0.2, 0) is 17.5 Å². The van der Waals surface area contributed by atoms with Crippen molar-refractivity contribution in [3.05, 3.63) is 48.2 Å². The molecule has 0 saturated carbocycles. The summed E-state index contributed by atoms with van der Waals surface area (Å²) in [6.07, 6.45) is -0.812. The first-order valence-electron chi connectivity index (χ1n) is 13.9. The van der Waals surface area contributed by atoms with Gasteiger partial charge in [0.05, 0.1) is 35.3 Å². The monoisotopic (exact) mass is 629 g/mol. The van der Waals surface area contributed by atoms with Crippen molar-refractivity contribution in [3.63, 3.8) is 0 Å². The zero-order chi connectivity index (χ0) is 32.6. The van der Waals surface area contributed by atoms with Gasteiger partial charge in [-0.05, 0) is 78.1 Å². The second-order valence-electron chi connectivity index (χ2n) is 11.7. The lowest BCUT2D eigenvalue weighted by atomic mass is 10.0. The van der Waals surface area contributed by atoms with Crippen molar-refractivity contribution in [2.75, 3.05) is 18.5 Å². The Morgan fingerprint density at radius 1 is 1.07 bits per heavy atom. The highest BCUT2D eigenvalue weighted by molar-refractivity contribution is 7.97. The van der Waals surface area contributed by atoms with Crippen LogP contribution in [0.5, 0.6) is 0 Å². The molecule has 0 aliphatic carbocycles. The lowest BCUT2D eigenvalue weighted by Gasteiger charge is -2.27. The van der Waals surface area contributed by atoms with Crippen molar-refractivity contribution in [3.8, 4) is 11.3 Å². The number of aliphatic hydroxyl groups is 1. The summed E-state index contributed by atoms with van der Waals surface area (Å²) in [7, 11) is 0. The van der Waals surface area contributed by atoms with Crippen molar-refractivity contribution in [1.82, 2.24) is 24.5 Å². The number of ether oxygens (including phenoxy) is 1. The van der Waals surface area contributed by atoms with Gasteiger partial charge in [-0.3, -0.25) is 9.40 Å². The molecule has 0 radical (unpaired) electrons. The average Bonchev–Trinajstić information content (AvgIpc) is 3.32. The Labute approximate surface area is 255 Å². The molecule has 14 heteroatoms. The number of nitrogens with zero attached hydrogens (tertiary/aromatic N) is 4. The molecule has 0 unspecified atom stereocenters. The van der Waals surface area contributed by atoms with Crippen molar-refractivity contribution in [2.24, 2.45) is 5.73 Å². The number of anilines is 2. The summed E-state index contributed by atoms with van der Waals surface area (Å²) < 4.78 is 66.5. The minimum Gasteiger partial charge on any atom is -0.389 e. The molecule has 0 saturated heterocycles. The number of hydrogen-bond donors (Lipinski definition) is 4. The molecule has 2 aromatic heterocycles. The average molecular weight is 630 g/mol. The molecule has 0 bridgehead atoms. The van der Waals surface area contributed by atoms with Crippen LogP contribution in [0.15, 0.2) is 41.7 Å². The van der Waals surface area contributed by atoms with Crippen LogP contribution in [0.2, 0.25) is 0 Å². The van der Waals surface area contributed by atoms with Gasteiger partial charge in [0.15, 0.2) is 0 Å². The molecule has 3 aromatic rings. The van der Waals surface area contributed by atoms with Crippen LogP contribution in [0, 0.1) is 5.82 Å². The van der Waals surface area contributed by atoms with Gasteiger partial charge in [0, 0.05) is 41.5 Å². The van der Waals surface area contributed by atoms with E-state index in [1.165, 1.54) is 41.2 Å². The fraction of sp³-hybridized carbons (Fsp3) is 0.552. The highest BCUT2D eigenvalue weighted by atomic mass is 32.2. The summed E-state index contributed by atoms with van der Waals surface area (Å²) in [6.45, 7) is 15.9. The van der Waals surface area contributed by atoms with E-state index in [4.69, 9.17) is 10.5 Å². The molecule has 3 rings (SSSR count). The number of nitrogens with one attached hydrogen (secondary N) is 2. The van der Waals surface area contributed by atoms with Crippen LogP contribution in [-0.4, -0.2) is 54.7 Å². The molecule has 0 atom stereocenters. The minimum atomic E-state index is -4.73. The summed E-state index contributed by atoms with van der Waals surface area (Å²) in [5.41, 5.74) is 2.65. The molecule has 43 heavy (non-hydrogen) atoms. The van der Waals surface area contributed by atoms with Gasteiger partial charge >= 0.3 is 6.18 Å². The van der Waals surface area contributed by atoms with E-state index in [2.05, 4.69) is 25.1 Å². The van der Waals surface area contributed by atoms with E-state index in [1.807, 2.05) is 41.5 Å². The molecule has 5 N–H and O–H groups in total. The van der Waals surface area contributed by atoms with Crippen molar-refractivity contribution < 1.29 is 27.4 Å². The number of aromatic nitrogens is 4. The molecule has 240 valence electrons. The van der Waals surface area contributed by atoms with Crippen molar-refractivity contribution in [2.45, 2.75) is 96.2 Å². The lowest BCUT2D eigenvalue weighted by Crippen LogP contribution is -2.38. The number of benzene rings is 1. The lowest BCUT2D eigenvalue weighted by molar-refractivity contribution is -0.137. The first-order valence-corrected chi connectivity index (χ1v) is 14.7. The van der Waals surface area contributed by atoms with Gasteiger partial charge in [0.25, 0.3) is 0 Å². The first-order chi connectivity index (χ1) is 19.8. The predicted octanol–water partition coefficient (Wildman–Crippen LogP) is 6.56. The molecule has 9 nitrogen and oxygen atoms in total. The van der Waals surface area contributed by atoms with Crippen LogP contribution in [0.4, 0.5) is 29.2 Å².